The molecule has 0 radical (unpaired) electrons. The SMILES string of the molecule is CNC(=O)C(Cc1ccccc1)N(Cc1ccc(Cl)c(Cl)c1)C(=O)CCCN(c1ccc(F)cc1)S(C)(=O)=O. The fourth-order valence-electron chi connectivity index (χ4n) is 4.17. The summed E-state index contributed by atoms with van der Waals surface area (Å²) in [6.07, 6.45) is 1.47. The van der Waals surface area contributed by atoms with Crippen LogP contribution in [-0.4, -0.2) is 51.0 Å². The van der Waals surface area contributed by atoms with Gasteiger partial charge in [-0.25, -0.2) is 12.8 Å². The van der Waals surface area contributed by atoms with Gasteiger partial charge < -0.3 is 10.2 Å². The number of likely N-dealkylation sites (N-methyl/N-ethyl adjacent to an activating group) is 1. The van der Waals surface area contributed by atoms with Crippen LogP contribution in [0.4, 0.5) is 10.1 Å². The van der Waals surface area contributed by atoms with Gasteiger partial charge in [0.05, 0.1) is 22.0 Å². The van der Waals surface area contributed by atoms with Crippen molar-refractivity contribution < 1.29 is 22.4 Å². The molecular weight excluding hydrogens is 564 g/mol. The molecule has 1 unspecified atom stereocenters. The summed E-state index contributed by atoms with van der Waals surface area (Å²) in [7, 11) is -2.18. The van der Waals surface area contributed by atoms with Gasteiger partial charge in [-0.15, -0.1) is 0 Å². The van der Waals surface area contributed by atoms with Crippen molar-refractivity contribution in [3.05, 3.63) is 99.8 Å². The van der Waals surface area contributed by atoms with Crippen molar-refractivity contribution in [3.63, 3.8) is 0 Å². The first-order valence-corrected chi connectivity index (χ1v) is 14.8. The third-order valence-corrected chi connectivity index (χ3v) is 8.05. The molecule has 3 rings (SSSR count). The van der Waals surface area contributed by atoms with Crippen LogP contribution in [0.3, 0.4) is 0 Å². The number of carbonyl (C=O) groups excluding carboxylic acids is 2. The van der Waals surface area contributed by atoms with Gasteiger partial charge in [-0.2, -0.15) is 0 Å². The van der Waals surface area contributed by atoms with Crippen LogP contribution in [0.1, 0.15) is 24.0 Å². The first-order chi connectivity index (χ1) is 18.5. The number of anilines is 1. The molecule has 7 nitrogen and oxygen atoms in total. The Balaban J connectivity index is 1.86. The summed E-state index contributed by atoms with van der Waals surface area (Å²) in [4.78, 5) is 28.1. The van der Waals surface area contributed by atoms with E-state index in [1.807, 2.05) is 30.3 Å². The second kappa shape index (κ2) is 13.8. The van der Waals surface area contributed by atoms with Crippen LogP contribution in [0.25, 0.3) is 0 Å². The van der Waals surface area contributed by atoms with E-state index in [0.717, 1.165) is 16.1 Å². The maximum Gasteiger partial charge on any atom is 0.242 e. The van der Waals surface area contributed by atoms with Crippen molar-refractivity contribution in [2.45, 2.75) is 31.8 Å². The highest BCUT2D eigenvalue weighted by atomic mass is 35.5. The molecule has 0 heterocycles. The van der Waals surface area contributed by atoms with Crippen LogP contribution in [0.2, 0.25) is 10.0 Å². The molecule has 0 saturated heterocycles. The summed E-state index contributed by atoms with van der Waals surface area (Å²) in [6, 6.07) is 18.6. The molecule has 3 aromatic carbocycles. The van der Waals surface area contributed by atoms with Crippen LogP contribution >= 0.6 is 23.2 Å². The highest BCUT2D eigenvalue weighted by Crippen LogP contribution is 2.25. The molecule has 0 bridgehead atoms. The smallest absolute Gasteiger partial charge is 0.242 e. The van der Waals surface area contributed by atoms with Crippen molar-refractivity contribution in [2.24, 2.45) is 0 Å². The number of halogens is 3. The van der Waals surface area contributed by atoms with Crippen molar-refractivity contribution >= 4 is 50.7 Å². The van der Waals surface area contributed by atoms with E-state index >= 15 is 0 Å². The average Bonchev–Trinajstić information content (AvgIpc) is 2.90. The van der Waals surface area contributed by atoms with Gasteiger partial charge in [0.1, 0.15) is 11.9 Å². The molecule has 0 aliphatic heterocycles. The first kappa shape index (κ1) is 30.4. The van der Waals surface area contributed by atoms with Crippen LogP contribution in [0, 0.1) is 5.82 Å². The molecule has 2 amide bonds. The van der Waals surface area contributed by atoms with E-state index in [4.69, 9.17) is 23.2 Å². The van der Waals surface area contributed by atoms with Gasteiger partial charge in [0.15, 0.2) is 0 Å². The lowest BCUT2D eigenvalue weighted by atomic mass is 10.0. The summed E-state index contributed by atoms with van der Waals surface area (Å²) in [5.41, 5.74) is 1.85. The van der Waals surface area contributed by atoms with E-state index in [1.54, 1.807) is 18.2 Å². The van der Waals surface area contributed by atoms with E-state index < -0.39 is 21.9 Å². The van der Waals surface area contributed by atoms with E-state index in [-0.39, 0.29) is 44.2 Å². The van der Waals surface area contributed by atoms with E-state index in [9.17, 15) is 22.4 Å². The first-order valence-electron chi connectivity index (χ1n) is 12.2. The van der Waals surface area contributed by atoms with Crippen molar-refractivity contribution in [1.29, 1.82) is 0 Å². The van der Waals surface area contributed by atoms with E-state index in [1.165, 1.54) is 36.2 Å². The number of hydrogen-bond acceptors (Lipinski definition) is 4. The standard InChI is InChI=1S/C28H30Cl2FN3O4S/c1-32-28(36)26(18-20-7-4-3-5-8-20)33(19-21-10-15-24(29)25(30)17-21)27(35)9-6-16-34(39(2,37)38)23-13-11-22(31)12-14-23/h3-5,7-8,10-15,17,26H,6,9,16,18-19H2,1-2H3,(H,32,36). The number of benzene rings is 3. The molecule has 3 aromatic rings. The summed E-state index contributed by atoms with van der Waals surface area (Å²) < 4.78 is 39.4. The lowest BCUT2D eigenvalue weighted by Crippen LogP contribution is -2.49. The van der Waals surface area contributed by atoms with E-state index in [0.29, 0.717) is 21.3 Å². The fourth-order valence-corrected chi connectivity index (χ4v) is 5.45. The fraction of sp³-hybridized carbons (Fsp3) is 0.286. The number of nitrogens with one attached hydrogen (secondary N) is 1. The Morgan fingerprint density at radius 3 is 2.21 bits per heavy atom. The minimum absolute atomic E-state index is 0.000144. The summed E-state index contributed by atoms with van der Waals surface area (Å²) >= 11 is 12.3. The molecule has 0 aliphatic carbocycles. The molecule has 0 spiro atoms. The maximum absolute atomic E-state index is 13.6. The molecule has 11 heteroatoms. The van der Waals surface area contributed by atoms with Crippen LogP contribution in [-0.2, 0) is 32.6 Å². The Bertz CT molecular complexity index is 1390. The number of nitrogens with zero attached hydrogens (tertiary/aromatic N) is 2. The Hall–Kier alpha value is -3.14. The van der Waals surface area contributed by atoms with Crippen molar-refractivity contribution in [3.8, 4) is 0 Å². The number of sulfonamides is 1. The summed E-state index contributed by atoms with van der Waals surface area (Å²) in [6.45, 7) is 0.0918. The van der Waals surface area contributed by atoms with Crippen molar-refractivity contribution in [1.82, 2.24) is 10.2 Å². The van der Waals surface area contributed by atoms with Gasteiger partial charge in [0, 0.05) is 33.0 Å². The third-order valence-electron chi connectivity index (χ3n) is 6.12. The lowest BCUT2D eigenvalue weighted by molar-refractivity contribution is -0.141. The van der Waals surface area contributed by atoms with E-state index in [2.05, 4.69) is 5.32 Å². The number of rotatable bonds is 12. The Morgan fingerprint density at radius 2 is 1.62 bits per heavy atom. The average molecular weight is 595 g/mol. The summed E-state index contributed by atoms with van der Waals surface area (Å²) in [5, 5.41) is 3.34. The number of amides is 2. The lowest BCUT2D eigenvalue weighted by Gasteiger charge is -2.31. The van der Waals surface area contributed by atoms with Gasteiger partial charge in [-0.05, 0) is 53.9 Å². The zero-order chi connectivity index (χ0) is 28.6. The normalized spacial score (nSPS) is 12.0. The second-order valence-corrected chi connectivity index (χ2v) is 11.7. The topological polar surface area (TPSA) is 86.8 Å². The zero-order valence-electron chi connectivity index (χ0n) is 21.6. The van der Waals surface area contributed by atoms with Crippen LogP contribution in [0.15, 0.2) is 72.8 Å². The molecule has 1 N–H and O–H groups in total. The molecule has 208 valence electrons. The Kier molecular flexibility index (Phi) is 10.7. The van der Waals surface area contributed by atoms with Gasteiger partial charge in [0.2, 0.25) is 21.8 Å². The Morgan fingerprint density at radius 1 is 0.949 bits per heavy atom. The predicted octanol–water partition coefficient (Wildman–Crippen LogP) is 5.06. The monoisotopic (exact) mass is 593 g/mol. The summed E-state index contributed by atoms with van der Waals surface area (Å²) in [5.74, 6) is -1.16. The predicted molar refractivity (Wildman–Crippen MR) is 153 cm³/mol. The quantitative estimate of drug-likeness (QED) is 0.318. The minimum Gasteiger partial charge on any atom is -0.357 e. The zero-order valence-corrected chi connectivity index (χ0v) is 23.9. The molecule has 39 heavy (non-hydrogen) atoms. The number of carbonyl (C=O) groups is 2. The second-order valence-electron chi connectivity index (χ2n) is 9.00. The highest BCUT2D eigenvalue weighted by molar-refractivity contribution is 7.92. The highest BCUT2D eigenvalue weighted by Gasteiger charge is 2.30. The minimum atomic E-state index is -3.69. The van der Waals surface area contributed by atoms with Crippen molar-refractivity contribution in [2.75, 3.05) is 24.2 Å². The van der Waals surface area contributed by atoms with Gasteiger partial charge in [-0.3, -0.25) is 13.9 Å². The van der Waals surface area contributed by atoms with Gasteiger partial charge in [0.25, 0.3) is 0 Å². The van der Waals surface area contributed by atoms with Gasteiger partial charge in [-0.1, -0.05) is 59.6 Å². The molecule has 0 aliphatic rings. The third kappa shape index (κ3) is 8.68. The van der Waals surface area contributed by atoms with Crippen LogP contribution in [0.5, 0.6) is 0 Å². The molecule has 1 atom stereocenters. The molecule has 0 saturated carbocycles. The maximum atomic E-state index is 13.6. The molecule has 0 fully saturated rings. The largest absolute Gasteiger partial charge is 0.357 e. The molecule has 0 aromatic heterocycles. The van der Waals surface area contributed by atoms with Gasteiger partial charge >= 0.3 is 0 Å². The van der Waals surface area contributed by atoms with Crippen LogP contribution < -0.4 is 9.62 Å². The molecular formula is C28H30Cl2FN3O4S. The number of hydrogen-bond donors (Lipinski definition) is 1. The Labute approximate surface area is 238 Å².